The summed E-state index contributed by atoms with van der Waals surface area (Å²) in [4.78, 5) is 30.0. The minimum absolute atomic E-state index is 0.153. The molecule has 1 unspecified atom stereocenters. The predicted octanol–water partition coefficient (Wildman–Crippen LogP) is 3.34. The number of esters is 1. The number of benzene rings is 2. The van der Waals surface area contributed by atoms with Crippen LogP contribution in [0, 0.1) is 13.8 Å². The fourth-order valence-corrected chi connectivity index (χ4v) is 3.96. The smallest absolute Gasteiger partial charge is 0.339 e. The summed E-state index contributed by atoms with van der Waals surface area (Å²) in [5, 5.41) is 11.9. The number of carbonyl (C=O) groups is 2. The number of hydrogen-bond acceptors (Lipinski definition) is 8. The van der Waals surface area contributed by atoms with Crippen LogP contribution in [0.5, 0.6) is 0 Å². The second kappa shape index (κ2) is 9.28. The lowest BCUT2D eigenvalue weighted by Gasteiger charge is -2.14. The van der Waals surface area contributed by atoms with Gasteiger partial charge in [-0.15, -0.1) is 0 Å². The minimum atomic E-state index is -3.94. The summed E-state index contributed by atoms with van der Waals surface area (Å²) in [5.74, 6) is -1.42. The van der Waals surface area contributed by atoms with E-state index in [-0.39, 0.29) is 21.9 Å². The number of ether oxygens (including phenoxy) is 1. The third kappa shape index (κ3) is 5.20. The molecule has 2 heterocycles. The summed E-state index contributed by atoms with van der Waals surface area (Å²) in [6, 6.07) is 14.6. The summed E-state index contributed by atoms with van der Waals surface area (Å²) in [6.45, 7) is 5.03. The third-order valence-electron chi connectivity index (χ3n) is 5.27. The van der Waals surface area contributed by atoms with Gasteiger partial charge in [0.25, 0.3) is 11.6 Å². The fraction of sp³-hybridized carbons (Fsp3) is 0.167. The van der Waals surface area contributed by atoms with Gasteiger partial charge in [0.15, 0.2) is 6.10 Å². The van der Waals surface area contributed by atoms with Crippen LogP contribution in [-0.4, -0.2) is 36.5 Å². The van der Waals surface area contributed by atoms with Crippen LogP contribution < -0.4 is 10.5 Å². The number of nitrogens with two attached hydrogens (primary N) is 1. The van der Waals surface area contributed by atoms with Crippen molar-refractivity contribution in [2.75, 3.05) is 5.32 Å². The van der Waals surface area contributed by atoms with Gasteiger partial charge in [-0.2, -0.15) is 0 Å². The van der Waals surface area contributed by atoms with E-state index in [2.05, 4.69) is 15.5 Å². The molecule has 11 heteroatoms. The van der Waals surface area contributed by atoms with Crippen molar-refractivity contribution in [2.24, 2.45) is 5.14 Å². The lowest BCUT2D eigenvalue weighted by atomic mass is 10.0. The summed E-state index contributed by atoms with van der Waals surface area (Å²) < 4.78 is 33.8. The van der Waals surface area contributed by atoms with E-state index in [1.807, 2.05) is 31.2 Å². The van der Waals surface area contributed by atoms with Crippen LogP contribution in [0.2, 0.25) is 0 Å². The number of rotatable bonds is 6. The highest BCUT2D eigenvalue weighted by Crippen LogP contribution is 2.28. The second-order valence-electron chi connectivity index (χ2n) is 7.98. The molecule has 1 amide bonds. The van der Waals surface area contributed by atoms with E-state index in [0.29, 0.717) is 16.8 Å². The lowest BCUT2D eigenvalue weighted by molar-refractivity contribution is -0.123. The van der Waals surface area contributed by atoms with Crippen LogP contribution in [0.3, 0.4) is 0 Å². The molecule has 0 aliphatic carbocycles. The molecule has 4 aromatic rings. The van der Waals surface area contributed by atoms with E-state index < -0.39 is 28.0 Å². The molecule has 0 radical (unpaired) electrons. The van der Waals surface area contributed by atoms with Gasteiger partial charge in [-0.25, -0.2) is 23.3 Å². The Balaban J connectivity index is 1.59. The van der Waals surface area contributed by atoms with Crippen molar-refractivity contribution in [1.82, 2.24) is 10.1 Å². The molecule has 1 atom stereocenters. The first kappa shape index (κ1) is 24.0. The SMILES string of the molecule is Cc1ccc(-c2cc(C(=O)OC(C)C(=O)Nc3cccc(S(N)(=O)=O)c3)c3c(C)noc3n2)cc1. The van der Waals surface area contributed by atoms with Gasteiger partial charge in [0.2, 0.25) is 10.0 Å². The number of fused-ring (bicyclic) bond motifs is 1. The number of carbonyl (C=O) groups excluding carboxylic acids is 2. The average molecular weight is 495 g/mol. The van der Waals surface area contributed by atoms with E-state index >= 15 is 0 Å². The number of anilines is 1. The van der Waals surface area contributed by atoms with Gasteiger partial charge in [-0.1, -0.05) is 41.1 Å². The monoisotopic (exact) mass is 494 g/mol. The Labute approximate surface area is 201 Å². The Bertz CT molecular complexity index is 1540. The van der Waals surface area contributed by atoms with Gasteiger partial charge >= 0.3 is 5.97 Å². The molecule has 0 saturated heterocycles. The molecule has 0 spiro atoms. The Morgan fingerprint density at radius 1 is 1.09 bits per heavy atom. The van der Waals surface area contributed by atoms with E-state index in [9.17, 15) is 18.0 Å². The van der Waals surface area contributed by atoms with Crippen LogP contribution in [-0.2, 0) is 19.6 Å². The Morgan fingerprint density at radius 3 is 2.49 bits per heavy atom. The highest BCUT2D eigenvalue weighted by atomic mass is 32.2. The standard InChI is InChI=1S/C24H22N4O6S/c1-13-7-9-16(10-8-13)20-12-19(21-14(2)28-34-23(21)27-20)24(30)33-15(3)22(29)26-17-5-4-6-18(11-17)35(25,31)32/h4-12,15H,1-3H3,(H,26,29)(H2,25,31,32). The van der Waals surface area contributed by atoms with Crippen LogP contribution in [0.1, 0.15) is 28.5 Å². The van der Waals surface area contributed by atoms with Crippen molar-refractivity contribution in [3.63, 3.8) is 0 Å². The average Bonchev–Trinajstić information content (AvgIpc) is 3.19. The van der Waals surface area contributed by atoms with Gasteiger partial charge in [0.05, 0.1) is 27.2 Å². The first-order chi connectivity index (χ1) is 16.5. The zero-order chi connectivity index (χ0) is 25.3. The number of sulfonamides is 1. The molecule has 2 aromatic carbocycles. The largest absolute Gasteiger partial charge is 0.449 e. The van der Waals surface area contributed by atoms with Crippen molar-refractivity contribution in [2.45, 2.75) is 31.8 Å². The molecule has 3 N–H and O–H groups in total. The summed E-state index contributed by atoms with van der Waals surface area (Å²) in [7, 11) is -3.94. The molecule has 0 aliphatic heterocycles. The maximum absolute atomic E-state index is 13.1. The van der Waals surface area contributed by atoms with Gasteiger partial charge in [-0.05, 0) is 45.0 Å². The number of primary sulfonamides is 1. The molecular weight excluding hydrogens is 472 g/mol. The number of pyridine rings is 1. The zero-order valence-corrected chi connectivity index (χ0v) is 19.9. The Kier molecular flexibility index (Phi) is 6.37. The van der Waals surface area contributed by atoms with Gasteiger partial charge in [-0.3, -0.25) is 4.79 Å². The van der Waals surface area contributed by atoms with Gasteiger partial charge in [0.1, 0.15) is 0 Å². The molecule has 0 bridgehead atoms. The number of aromatic nitrogens is 2. The fourth-order valence-electron chi connectivity index (χ4n) is 3.40. The molecule has 35 heavy (non-hydrogen) atoms. The highest BCUT2D eigenvalue weighted by Gasteiger charge is 2.24. The third-order valence-corrected chi connectivity index (χ3v) is 6.18. The summed E-state index contributed by atoms with van der Waals surface area (Å²) in [5.41, 5.74) is 3.28. The van der Waals surface area contributed by atoms with Crippen molar-refractivity contribution < 1.29 is 27.3 Å². The molecule has 180 valence electrons. The topological polar surface area (TPSA) is 154 Å². The number of nitrogens with zero attached hydrogens (tertiary/aromatic N) is 2. The molecule has 2 aromatic heterocycles. The number of nitrogens with one attached hydrogen (secondary N) is 1. The zero-order valence-electron chi connectivity index (χ0n) is 19.1. The van der Waals surface area contributed by atoms with Crippen molar-refractivity contribution in [3.05, 3.63) is 71.4 Å². The Hall–Kier alpha value is -4.09. The summed E-state index contributed by atoms with van der Waals surface area (Å²) in [6.07, 6.45) is -1.20. The first-order valence-electron chi connectivity index (χ1n) is 10.5. The number of aryl methyl sites for hydroxylation is 2. The molecule has 10 nitrogen and oxygen atoms in total. The molecular formula is C24H22N4O6S. The van der Waals surface area contributed by atoms with E-state index in [4.69, 9.17) is 14.4 Å². The minimum Gasteiger partial charge on any atom is -0.449 e. The van der Waals surface area contributed by atoms with Gasteiger partial charge < -0.3 is 14.6 Å². The van der Waals surface area contributed by atoms with Crippen molar-refractivity contribution in [1.29, 1.82) is 0 Å². The van der Waals surface area contributed by atoms with Crippen LogP contribution >= 0.6 is 0 Å². The van der Waals surface area contributed by atoms with Crippen molar-refractivity contribution >= 4 is 38.7 Å². The molecule has 0 fully saturated rings. The first-order valence-corrected chi connectivity index (χ1v) is 12.1. The maximum Gasteiger partial charge on any atom is 0.339 e. The van der Waals surface area contributed by atoms with E-state index in [1.54, 1.807) is 13.0 Å². The van der Waals surface area contributed by atoms with E-state index in [1.165, 1.54) is 31.2 Å². The van der Waals surface area contributed by atoms with Crippen LogP contribution in [0.25, 0.3) is 22.4 Å². The normalized spacial score (nSPS) is 12.3. The highest BCUT2D eigenvalue weighted by molar-refractivity contribution is 7.89. The van der Waals surface area contributed by atoms with Crippen molar-refractivity contribution in [3.8, 4) is 11.3 Å². The van der Waals surface area contributed by atoms with Gasteiger partial charge in [0, 0.05) is 11.3 Å². The lowest BCUT2D eigenvalue weighted by Crippen LogP contribution is -2.30. The van der Waals surface area contributed by atoms with E-state index in [0.717, 1.165) is 11.1 Å². The number of amides is 1. The predicted molar refractivity (Wildman–Crippen MR) is 128 cm³/mol. The molecule has 4 rings (SSSR count). The second-order valence-corrected chi connectivity index (χ2v) is 9.54. The summed E-state index contributed by atoms with van der Waals surface area (Å²) >= 11 is 0. The van der Waals surface area contributed by atoms with Crippen LogP contribution in [0.4, 0.5) is 5.69 Å². The number of hydrogen-bond donors (Lipinski definition) is 2. The molecule has 0 saturated carbocycles. The van der Waals surface area contributed by atoms with Crippen LogP contribution in [0.15, 0.2) is 64.0 Å². The Morgan fingerprint density at radius 2 is 1.80 bits per heavy atom. The molecule has 0 aliphatic rings. The quantitative estimate of drug-likeness (QED) is 0.387. The maximum atomic E-state index is 13.1.